The number of aliphatic hydroxyl groups is 1. The van der Waals surface area contributed by atoms with Gasteiger partial charge in [0.25, 0.3) is 9.05 Å². The number of alkyl carbamates (subject to hydrolysis) is 1. The van der Waals surface area contributed by atoms with Crippen molar-refractivity contribution in [1.29, 1.82) is 0 Å². The first-order valence-corrected chi connectivity index (χ1v) is 13.2. The lowest BCUT2D eigenvalue weighted by molar-refractivity contribution is -0.0419. The Morgan fingerprint density at radius 1 is 1.22 bits per heavy atom. The number of hydrogen-bond acceptors (Lipinski definition) is 7. The van der Waals surface area contributed by atoms with Gasteiger partial charge in [0.2, 0.25) is 0 Å². The zero-order chi connectivity index (χ0) is 24.4. The highest BCUT2D eigenvalue weighted by atomic mass is 35.7. The first-order valence-electron chi connectivity index (χ1n) is 10.9. The third-order valence-corrected chi connectivity index (χ3v) is 6.12. The summed E-state index contributed by atoms with van der Waals surface area (Å²) in [6, 6.07) is 6.01. The molecular weight excluding hydrogens is 456 g/mol. The number of hydroxylamine groups is 1. The molecule has 0 heterocycles. The van der Waals surface area contributed by atoms with Gasteiger partial charge in [-0.3, -0.25) is 4.84 Å². The molecule has 0 bridgehead atoms. The number of carbonyl (C=O) groups excluding carboxylic acids is 1. The van der Waals surface area contributed by atoms with Gasteiger partial charge in [-0.1, -0.05) is 37.5 Å². The van der Waals surface area contributed by atoms with E-state index in [-0.39, 0.29) is 23.6 Å². The van der Waals surface area contributed by atoms with Gasteiger partial charge in [0.1, 0.15) is 5.60 Å². The van der Waals surface area contributed by atoms with E-state index in [2.05, 4.69) is 10.8 Å². The van der Waals surface area contributed by atoms with Gasteiger partial charge in [-0.25, -0.2) is 13.2 Å². The summed E-state index contributed by atoms with van der Waals surface area (Å²) in [7, 11) is 1.54. The first-order chi connectivity index (χ1) is 14.8. The summed E-state index contributed by atoms with van der Waals surface area (Å²) >= 11 is 0. The summed E-state index contributed by atoms with van der Waals surface area (Å²) in [5.41, 5.74) is 3.29. The molecule has 1 aliphatic carbocycles. The molecule has 184 valence electrons. The van der Waals surface area contributed by atoms with Crippen molar-refractivity contribution in [3.8, 4) is 0 Å². The molecule has 0 radical (unpaired) electrons. The summed E-state index contributed by atoms with van der Waals surface area (Å²) in [4.78, 5) is 17.4. The van der Waals surface area contributed by atoms with E-state index in [0.29, 0.717) is 6.42 Å². The Labute approximate surface area is 196 Å². The normalized spacial score (nSPS) is 16.6. The van der Waals surface area contributed by atoms with E-state index in [1.807, 2.05) is 13.8 Å². The van der Waals surface area contributed by atoms with Gasteiger partial charge < -0.3 is 15.2 Å². The van der Waals surface area contributed by atoms with E-state index in [1.165, 1.54) is 25.0 Å². The molecular formula is C22H37ClN2O6S. The second-order valence-electron chi connectivity index (χ2n) is 8.85. The second-order valence-corrected chi connectivity index (χ2v) is 11.4. The molecule has 0 aliphatic heterocycles. The van der Waals surface area contributed by atoms with Crippen LogP contribution in [0.4, 0.5) is 4.79 Å². The Balaban J connectivity index is 0.000000389. The lowest BCUT2D eigenvalue weighted by Gasteiger charge is -2.26. The highest BCUT2D eigenvalue weighted by Gasteiger charge is 2.24. The zero-order valence-electron chi connectivity index (χ0n) is 19.6. The zero-order valence-corrected chi connectivity index (χ0v) is 21.1. The number of aryl methyl sites for hydroxylation is 1. The van der Waals surface area contributed by atoms with Gasteiger partial charge in [0.15, 0.2) is 0 Å². The van der Waals surface area contributed by atoms with E-state index in [4.69, 9.17) is 20.3 Å². The molecule has 1 aliphatic rings. The van der Waals surface area contributed by atoms with Crippen LogP contribution in [0.1, 0.15) is 65.4 Å². The SMILES string of the molecule is CCC(NC(=O)OC(C)(C)C)[C@H](O)CNOC1CCCC1.Cc1ccc(S(=O)(=O)Cl)cc1. The molecule has 0 saturated heterocycles. The minimum atomic E-state index is -3.55. The Hall–Kier alpha value is -1.39. The maximum absolute atomic E-state index is 11.7. The van der Waals surface area contributed by atoms with E-state index < -0.39 is 26.8 Å². The van der Waals surface area contributed by atoms with Gasteiger partial charge in [0, 0.05) is 17.2 Å². The van der Waals surface area contributed by atoms with Crippen LogP contribution in [-0.2, 0) is 18.6 Å². The summed E-state index contributed by atoms with van der Waals surface area (Å²) in [6.45, 7) is 9.49. The van der Waals surface area contributed by atoms with Crippen LogP contribution in [0.25, 0.3) is 0 Å². The van der Waals surface area contributed by atoms with Crippen LogP contribution in [-0.4, -0.2) is 50.0 Å². The number of rotatable bonds is 8. The van der Waals surface area contributed by atoms with E-state index in [0.717, 1.165) is 18.4 Å². The van der Waals surface area contributed by atoms with Gasteiger partial charge in [-0.15, -0.1) is 0 Å². The Kier molecular flexibility index (Phi) is 11.9. The van der Waals surface area contributed by atoms with E-state index in [1.54, 1.807) is 32.9 Å². The first kappa shape index (κ1) is 28.6. The molecule has 1 aromatic rings. The Morgan fingerprint density at radius 2 is 1.78 bits per heavy atom. The van der Waals surface area contributed by atoms with Crippen LogP contribution >= 0.6 is 10.7 Å². The molecule has 1 fully saturated rings. The topological polar surface area (TPSA) is 114 Å². The highest BCUT2D eigenvalue weighted by molar-refractivity contribution is 8.13. The number of aliphatic hydroxyl groups excluding tert-OH is 1. The average molecular weight is 493 g/mol. The number of halogens is 1. The van der Waals surface area contributed by atoms with Crippen LogP contribution in [0, 0.1) is 6.92 Å². The molecule has 2 rings (SSSR count). The number of nitrogens with one attached hydrogen (secondary N) is 2. The van der Waals surface area contributed by atoms with Crippen molar-refractivity contribution in [3.63, 3.8) is 0 Å². The van der Waals surface area contributed by atoms with Gasteiger partial charge in [0.05, 0.1) is 23.1 Å². The fraction of sp³-hybridized carbons (Fsp3) is 0.682. The maximum atomic E-state index is 11.7. The fourth-order valence-corrected chi connectivity index (χ4v) is 3.80. The maximum Gasteiger partial charge on any atom is 0.407 e. The molecule has 10 heteroatoms. The van der Waals surface area contributed by atoms with Crippen molar-refractivity contribution in [1.82, 2.24) is 10.8 Å². The highest BCUT2D eigenvalue weighted by Crippen LogP contribution is 2.20. The predicted molar refractivity (Wildman–Crippen MR) is 125 cm³/mol. The smallest absolute Gasteiger partial charge is 0.407 e. The number of hydrogen-bond donors (Lipinski definition) is 3. The summed E-state index contributed by atoms with van der Waals surface area (Å²) in [5, 5.41) is 12.8. The lowest BCUT2D eigenvalue weighted by Crippen LogP contribution is -2.48. The van der Waals surface area contributed by atoms with Crippen molar-refractivity contribution < 1.29 is 27.9 Å². The van der Waals surface area contributed by atoms with Crippen LogP contribution in [0.2, 0.25) is 0 Å². The lowest BCUT2D eigenvalue weighted by atomic mass is 10.1. The van der Waals surface area contributed by atoms with Crippen molar-refractivity contribution >= 4 is 25.8 Å². The number of ether oxygens (including phenoxy) is 1. The van der Waals surface area contributed by atoms with Crippen LogP contribution in [0.5, 0.6) is 0 Å². The monoisotopic (exact) mass is 492 g/mol. The summed E-state index contributed by atoms with van der Waals surface area (Å²) in [5.74, 6) is 0. The number of carbonyl (C=O) groups is 1. The molecule has 2 atom stereocenters. The quantitative estimate of drug-likeness (QED) is 0.370. The Morgan fingerprint density at radius 3 is 2.25 bits per heavy atom. The average Bonchev–Trinajstić information content (AvgIpc) is 3.18. The van der Waals surface area contributed by atoms with Crippen LogP contribution < -0.4 is 10.8 Å². The molecule has 0 spiro atoms. The molecule has 1 saturated carbocycles. The van der Waals surface area contributed by atoms with Crippen LogP contribution in [0.3, 0.4) is 0 Å². The van der Waals surface area contributed by atoms with E-state index in [9.17, 15) is 18.3 Å². The molecule has 32 heavy (non-hydrogen) atoms. The minimum Gasteiger partial charge on any atom is -0.444 e. The van der Waals surface area contributed by atoms with Gasteiger partial charge >= 0.3 is 6.09 Å². The molecule has 0 aromatic heterocycles. The summed E-state index contributed by atoms with van der Waals surface area (Å²) < 4.78 is 26.6. The third kappa shape index (κ3) is 12.0. The second kappa shape index (κ2) is 13.3. The van der Waals surface area contributed by atoms with Crippen LogP contribution in [0.15, 0.2) is 29.2 Å². The fourth-order valence-electron chi connectivity index (χ4n) is 3.03. The minimum absolute atomic E-state index is 0.143. The standard InChI is InChI=1S/C15H30N2O4.C7H7ClO2S/c1-5-12(17-14(19)20-15(2,3)4)13(18)10-16-21-11-8-6-7-9-11;1-6-2-4-7(5-3-6)11(8,9)10/h11-13,16,18H,5-10H2,1-4H3,(H,17,19);2-5H,1H3/t12?,13-;/m1./s1. The molecule has 3 N–H and O–H groups in total. The third-order valence-electron chi connectivity index (χ3n) is 4.75. The van der Waals surface area contributed by atoms with E-state index >= 15 is 0 Å². The van der Waals surface area contributed by atoms with Crippen molar-refractivity contribution in [3.05, 3.63) is 29.8 Å². The Bertz CT molecular complexity index is 790. The van der Waals surface area contributed by atoms with Gasteiger partial charge in [-0.05, 0) is 59.1 Å². The molecule has 1 unspecified atom stereocenters. The predicted octanol–water partition coefficient (Wildman–Crippen LogP) is 4.04. The number of amides is 1. The largest absolute Gasteiger partial charge is 0.444 e. The van der Waals surface area contributed by atoms with Crippen molar-refractivity contribution in [2.24, 2.45) is 0 Å². The molecule has 8 nitrogen and oxygen atoms in total. The van der Waals surface area contributed by atoms with Crippen molar-refractivity contribution in [2.75, 3.05) is 6.54 Å². The number of benzene rings is 1. The molecule has 1 aromatic carbocycles. The van der Waals surface area contributed by atoms with Crippen molar-refractivity contribution in [2.45, 2.75) is 95.5 Å². The summed E-state index contributed by atoms with van der Waals surface area (Å²) in [6.07, 6.45) is 4.17. The molecule has 1 amide bonds. The van der Waals surface area contributed by atoms with Gasteiger partial charge in [-0.2, -0.15) is 5.48 Å².